The fourth-order valence-electron chi connectivity index (χ4n) is 3.51. The standard InChI is InChI=1S/C15H20N6O3/c1-20(2)6-17-15-18-13-11(14(23)19-15)16-7-21(13)10-5-8-3-4-9(22)12(8)24-10/h6-10,12,22H,3-5H2,1-2H3,(H,18,19,23)/b17-6+/t8-,9-,10-,12?/m1/s1. The number of fused-ring (bicyclic) bond motifs is 2. The molecular weight excluding hydrogens is 312 g/mol. The van der Waals surface area contributed by atoms with Crippen LogP contribution in [0.15, 0.2) is 16.1 Å². The summed E-state index contributed by atoms with van der Waals surface area (Å²) in [4.78, 5) is 29.3. The molecule has 0 bridgehead atoms. The van der Waals surface area contributed by atoms with Gasteiger partial charge in [0.1, 0.15) is 6.23 Å². The fourth-order valence-corrected chi connectivity index (χ4v) is 3.51. The molecule has 2 aliphatic rings. The van der Waals surface area contributed by atoms with Gasteiger partial charge in [0, 0.05) is 14.1 Å². The second-order valence-corrected chi connectivity index (χ2v) is 6.62. The summed E-state index contributed by atoms with van der Waals surface area (Å²) in [6, 6.07) is 0. The highest BCUT2D eigenvalue weighted by Gasteiger charge is 2.44. The molecule has 0 radical (unpaired) electrons. The van der Waals surface area contributed by atoms with Crippen LogP contribution in [0.3, 0.4) is 0 Å². The summed E-state index contributed by atoms with van der Waals surface area (Å²) < 4.78 is 7.77. The molecule has 1 saturated heterocycles. The van der Waals surface area contributed by atoms with Crippen LogP contribution in [0.4, 0.5) is 5.95 Å². The van der Waals surface area contributed by atoms with E-state index < -0.39 is 6.10 Å². The predicted octanol–water partition coefficient (Wildman–Crippen LogP) is 0.399. The Balaban J connectivity index is 1.70. The first-order valence-electron chi connectivity index (χ1n) is 8.04. The van der Waals surface area contributed by atoms with Gasteiger partial charge in [-0.15, -0.1) is 0 Å². The number of ether oxygens (including phenoxy) is 1. The summed E-state index contributed by atoms with van der Waals surface area (Å²) in [7, 11) is 3.67. The summed E-state index contributed by atoms with van der Waals surface area (Å²) in [5, 5.41) is 9.99. The molecule has 2 fully saturated rings. The number of hydrogen-bond acceptors (Lipinski definition) is 6. The third-order valence-electron chi connectivity index (χ3n) is 4.64. The molecule has 0 spiro atoms. The number of rotatable bonds is 3. The Labute approximate surface area is 138 Å². The van der Waals surface area contributed by atoms with Crippen LogP contribution >= 0.6 is 0 Å². The number of aliphatic imine (C=N–C) groups is 1. The van der Waals surface area contributed by atoms with Crippen LogP contribution in [-0.4, -0.2) is 62.2 Å². The highest BCUT2D eigenvalue weighted by molar-refractivity contribution is 5.71. The van der Waals surface area contributed by atoms with Crippen molar-refractivity contribution in [3.8, 4) is 0 Å². The topological polar surface area (TPSA) is 109 Å². The van der Waals surface area contributed by atoms with Crippen molar-refractivity contribution >= 4 is 23.5 Å². The van der Waals surface area contributed by atoms with E-state index >= 15 is 0 Å². The molecule has 2 N–H and O–H groups in total. The molecule has 1 aliphatic carbocycles. The van der Waals surface area contributed by atoms with Gasteiger partial charge in [-0.25, -0.2) is 9.98 Å². The van der Waals surface area contributed by atoms with Crippen LogP contribution in [0.25, 0.3) is 11.2 Å². The number of nitrogens with one attached hydrogen (secondary N) is 1. The highest BCUT2D eigenvalue weighted by Crippen LogP contribution is 2.43. The molecule has 24 heavy (non-hydrogen) atoms. The quantitative estimate of drug-likeness (QED) is 0.622. The Morgan fingerprint density at radius 1 is 1.50 bits per heavy atom. The molecule has 128 valence electrons. The van der Waals surface area contributed by atoms with Gasteiger partial charge in [0.15, 0.2) is 11.2 Å². The molecule has 9 nitrogen and oxygen atoms in total. The first-order chi connectivity index (χ1) is 11.5. The van der Waals surface area contributed by atoms with Crippen molar-refractivity contribution in [1.29, 1.82) is 0 Å². The fraction of sp³-hybridized carbons (Fsp3) is 0.600. The van der Waals surface area contributed by atoms with E-state index in [1.807, 2.05) is 14.1 Å². The zero-order valence-corrected chi connectivity index (χ0v) is 13.6. The first-order valence-corrected chi connectivity index (χ1v) is 8.04. The maximum absolute atomic E-state index is 12.2. The number of imidazole rings is 1. The van der Waals surface area contributed by atoms with Gasteiger partial charge in [0.2, 0.25) is 5.95 Å². The lowest BCUT2D eigenvalue weighted by Gasteiger charge is -2.16. The van der Waals surface area contributed by atoms with Crippen molar-refractivity contribution in [3.63, 3.8) is 0 Å². The van der Waals surface area contributed by atoms with Crippen molar-refractivity contribution in [1.82, 2.24) is 24.4 Å². The molecule has 4 atom stereocenters. The van der Waals surface area contributed by atoms with E-state index in [0.717, 1.165) is 19.3 Å². The average molecular weight is 332 g/mol. The molecule has 0 amide bonds. The Morgan fingerprint density at radius 2 is 2.33 bits per heavy atom. The largest absolute Gasteiger partial charge is 0.390 e. The Hall–Kier alpha value is -2.26. The van der Waals surface area contributed by atoms with Crippen LogP contribution < -0.4 is 5.56 Å². The SMILES string of the molecule is CN(C)/C=N/c1nc2c(ncn2[C@H]2C[C@H]3CC[C@@H](O)C3O2)c(=O)[nH]1. The number of H-pyrrole nitrogens is 1. The van der Waals surface area contributed by atoms with E-state index in [1.54, 1.807) is 22.1 Å². The molecule has 4 rings (SSSR count). The van der Waals surface area contributed by atoms with Gasteiger partial charge >= 0.3 is 0 Å². The predicted molar refractivity (Wildman–Crippen MR) is 87.2 cm³/mol. The van der Waals surface area contributed by atoms with E-state index in [0.29, 0.717) is 11.6 Å². The van der Waals surface area contributed by atoms with E-state index in [2.05, 4.69) is 19.9 Å². The van der Waals surface area contributed by atoms with Crippen LogP contribution in [-0.2, 0) is 4.74 Å². The van der Waals surface area contributed by atoms with Crippen LogP contribution in [0.5, 0.6) is 0 Å². The van der Waals surface area contributed by atoms with Gasteiger partial charge < -0.3 is 14.7 Å². The molecule has 1 saturated carbocycles. The summed E-state index contributed by atoms with van der Waals surface area (Å²) in [5.41, 5.74) is 0.381. The molecule has 2 aromatic heterocycles. The zero-order valence-electron chi connectivity index (χ0n) is 13.6. The number of hydrogen-bond donors (Lipinski definition) is 2. The van der Waals surface area contributed by atoms with E-state index in [-0.39, 0.29) is 29.4 Å². The van der Waals surface area contributed by atoms with Crippen molar-refractivity contribution in [2.45, 2.75) is 37.7 Å². The van der Waals surface area contributed by atoms with Gasteiger partial charge in [-0.3, -0.25) is 14.3 Å². The number of aliphatic hydroxyl groups is 1. The van der Waals surface area contributed by atoms with Crippen LogP contribution in [0, 0.1) is 5.92 Å². The minimum atomic E-state index is -0.411. The van der Waals surface area contributed by atoms with Crippen molar-refractivity contribution < 1.29 is 9.84 Å². The minimum absolute atomic E-state index is 0.138. The first kappa shape index (κ1) is 15.3. The van der Waals surface area contributed by atoms with Crippen molar-refractivity contribution in [2.24, 2.45) is 10.9 Å². The minimum Gasteiger partial charge on any atom is -0.390 e. The maximum Gasteiger partial charge on any atom is 0.280 e. The average Bonchev–Trinajstić information content (AvgIpc) is 3.21. The highest BCUT2D eigenvalue weighted by atomic mass is 16.5. The van der Waals surface area contributed by atoms with Crippen molar-refractivity contribution in [3.05, 3.63) is 16.7 Å². The Kier molecular flexibility index (Phi) is 3.61. The molecule has 1 unspecified atom stereocenters. The Morgan fingerprint density at radius 3 is 3.08 bits per heavy atom. The van der Waals surface area contributed by atoms with Gasteiger partial charge in [-0.1, -0.05) is 0 Å². The van der Waals surface area contributed by atoms with Crippen LogP contribution in [0.1, 0.15) is 25.5 Å². The molecule has 1 aliphatic heterocycles. The van der Waals surface area contributed by atoms with Gasteiger partial charge in [0.25, 0.3) is 5.56 Å². The zero-order chi connectivity index (χ0) is 16.8. The number of aromatic amines is 1. The second kappa shape index (κ2) is 5.67. The lowest BCUT2D eigenvalue weighted by molar-refractivity contribution is -0.0525. The van der Waals surface area contributed by atoms with E-state index in [4.69, 9.17) is 4.74 Å². The Bertz CT molecular complexity index is 841. The molecular formula is C15H20N6O3. The lowest BCUT2D eigenvalue weighted by atomic mass is 10.0. The molecule has 3 heterocycles. The normalized spacial score (nSPS) is 29.6. The lowest BCUT2D eigenvalue weighted by Crippen LogP contribution is -2.23. The number of aliphatic hydroxyl groups excluding tert-OH is 1. The van der Waals surface area contributed by atoms with Gasteiger partial charge in [-0.2, -0.15) is 4.98 Å². The summed E-state index contributed by atoms with van der Waals surface area (Å²) >= 11 is 0. The second-order valence-electron chi connectivity index (χ2n) is 6.62. The molecule has 9 heteroatoms. The smallest absolute Gasteiger partial charge is 0.280 e. The number of aromatic nitrogens is 4. The van der Waals surface area contributed by atoms with E-state index in [9.17, 15) is 9.90 Å². The summed E-state index contributed by atoms with van der Waals surface area (Å²) in [5.74, 6) is 0.567. The van der Waals surface area contributed by atoms with Gasteiger partial charge in [0.05, 0.1) is 24.9 Å². The van der Waals surface area contributed by atoms with Gasteiger partial charge in [-0.05, 0) is 25.2 Å². The molecule has 0 aromatic carbocycles. The molecule has 2 aromatic rings. The maximum atomic E-state index is 12.2. The van der Waals surface area contributed by atoms with E-state index in [1.165, 1.54) is 0 Å². The monoisotopic (exact) mass is 332 g/mol. The third-order valence-corrected chi connectivity index (χ3v) is 4.64. The summed E-state index contributed by atoms with van der Waals surface area (Å²) in [6.07, 6.45) is 4.86. The summed E-state index contributed by atoms with van der Waals surface area (Å²) in [6.45, 7) is 0. The van der Waals surface area contributed by atoms with Crippen LogP contribution in [0.2, 0.25) is 0 Å². The number of nitrogens with zero attached hydrogens (tertiary/aromatic N) is 5. The van der Waals surface area contributed by atoms with Crippen molar-refractivity contribution in [2.75, 3.05) is 14.1 Å². The third kappa shape index (κ3) is 2.49.